The van der Waals surface area contributed by atoms with E-state index in [0.717, 1.165) is 0 Å². The Kier molecular flexibility index (Phi) is 26.2. The van der Waals surface area contributed by atoms with Crippen LogP contribution in [0.1, 0.15) is 71.9 Å². The number of rotatable bonds is 3. The van der Waals surface area contributed by atoms with Gasteiger partial charge in [-0.25, -0.2) is 0 Å². The van der Waals surface area contributed by atoms with E-state index in [0.29, 0.717) is 0 Å². The van der Waals surface area contributed by atoms with Gasteiger partial charge in [0.2, 0.25) is 0 Å². The van der Waals surface area contributed by atoms with Gasteiger partial charge < -0.3 is 0 Å². The maximum atomic E-state index is 3.69. The molecule has 1 aromatic carbocycles. The van der Waals surface area contributed by atoms with Crippen molar-refractivity contribution in [3.8, 4) is 0 Å². The van der Waals surface area contributed by atoms with Gasteiger partial charge in [0.25, 0.3) is 0 Å². The highest BCUT2D eigenvalue weighted by atomic mass is 13.9. The molecule has 0 aliphatic heterocycles. The van der Waals surface area contributed by atoms with Crippen LogP contribution >= 0.6 is 0 Å². The molecule has 0 saturated heterocycles. The third-order valence-electron chi connectivity index (χ3n) is 2.12. The summed E-state index contributed by atoms with van der Waals surface area (Å²) < 4.78 is 0. The van der Waals surface area contributed by atoms with Gasteiger partial charge in [0.05, 0.1) is 0 Å². The second kappa shape index (κ2) is 21.3. The molecular weight excluding hydrogens is 216 g/mol. The smallest absolute Gasteiger partial charge is 0.0233 e. The molecule has 0 spiro atoms. The van der Waals surface area contributed by atoms with Gasteiger partial charge in [-0.05, 0) is 18.1 Å². The van der Waals surface area contributed by atoms with Crippen molar-refractivity contribution >= 4 is 6.08 Å². The molecule has 0 N–H and O–H groups in total. The quantitative estimate of drug-likeness (QED) is 0.548. The first kappa shape index (κ1) is 22.2. The molecule has 0 fully saturated rings. The minimum absolute atomic E-state index is 1.22. The summed E-state index contributed by atoms with van der Waals surface area (Å²) >= 11 is 0. The molecule has 0 atom stereocenters. The summed E-state index contributed by atoms with van der Waals surface area (Å²) in [5.74, 6) is 0. The normalized spacial score (nSPS) is 7.50. The lowest BCUT2D eigenvalue weighted by Gasteiger charge is -1.95. The number of hydrogen-bond donors (Lipinski definition) is 0. The zero-order valence-electron chi connectivity index (χ0n) is 13.7. The first-order valence-electron chi connectivity index (χ1n) is 7.44. The SMILES string of the molecule is C=Cc1ccccc1C.CC.CC.CCCCC. The average molecular weight is 250 g/mol. The highest BCUT2D eigenvalue weighted by Gasteiger charge is 1.86. The summed E-state index contributed by atoms with van der Waals surface area (Å²) in [4.78, 5) is 0. The van der Waals surface area contributed by atoms with E-state index in [1.165, 1.54) is 30.4 Å². The Labute approximate surface area is 116 Å². The zero-order valence-corrected chi connectivity index (χ0v) is 13.7. The summed E-state index contributed by atoms with van der Waals surface area (Å²) in [5, 5.41) is 0. The fourth-order valence-corrected chi connectivity index (χ4v) is 1.17. The molecule has 1 aromatic rings. The molecular formula is C18H34. The molecule has 0 saturated carbocycles. The first-order valence-corrected chi connectivity index (χ1v) is 7.44. The van der Waals surface area contributed by atoms with Crippen LogP contribution in [0.4, 0.5) is 0 Å². The van der Waals surface area contributed by atoms with Crippen molar-refractivity contribution in [2.45, 2.75) is 67.7 Å². The van der Waals surface area contributed by atoms with Gasteiger partial charge in [0, 0.05) is 0 Å². The predicted molar refractivity (Wildman–Crippen MR) is 89.2 cm³/mol. The Morgan fingerprint density at radius 2 is 1.39 bits per heavy atom. The number of aryl methyl sites for hydroxylation is 1. The molecule has 0 amide bonds. The van der Waals surface area contributed by atoms with Crippen LogP contribution in [0.5, 0.6) is 0 Å². The number of unbranched alkanes of at least 4 members (excludes halogenated alkanes) is 2. The van der Waals surface area contributed by atoms with Gasteiger partial charge in [-0.2, -0.15) is 0 Å². The molecule has 0 aromatic heterocycles. The van der Waals surface area contributed by atoms with Gasteiger partial charge in [0.1, 0.15) is 0 Å². The number of benzene rings is 1. The third kappa shape index (κ3) is 15.0. The Morgan fingerprint density at radius 1 is 0.944 bits per heavy atom. The summed E-state index contributed by atoms with van der Waals surface area (Å²) in [5.41, 5.74) is 2.50. The minimum atomic E-state index is 1.22. The van der Waals surface area contributed by atoms with Crippen molar-refractivity contribution in [1.82, 2.24) is 0 Å². The molecule has 0 radical (unpaired) electrons. The lowest BCUT2D eigenvalue weighted by Crippen LogP contribution is -1.75. The van der Waals surface area contributed by atoms with E-state index < -0.39 is 0 Å². The highest BCUT2D eigenvalue weighted by Crippen LogP contribution is 2.06. The third-order valence-corrected chi connectivity index (χ3v) is 2.12. The Morgan fingerprint density at radius 3 is 1.61 bits per heavy atom. The van der Waals surface area contributed by atoms with Crippen molar-refractivity contribution < 1.29 is 0 Å². The Hall–Kier alpha value is -1.04. The van der Waals surface area contributed by atoms with E-state index >= 15 is 0 Å². The second-order valence-electron chi connectivity index (χ2n) is 3.41. The van der Waals surface area contributed by atoms with Crippen molar-refractivity contribution in [2.24, 2.45) is 0 Å². The summed E-state index contributed by atoms with van der Waals surface area (Å²) in [6, 6.07) is 8.19. The maximum absolute atomic E-state index is 3.69. The van der Waals surface area contributed by atoms with Gasteiger partial charge in [0.15, 0.2) is 0 Å². The summed E-state index contributed by atoms with van der Waals surface area (Å²) in [6.07, 6.45) is 5.95. The molecule has 0 heteroatoms. The number of hydrogen-bond acceptors (Lipinski definition) is 0. The topological polar surface area (TPSA) is 0 Å². The van der Waals surface area contributed by atoms with E-state index in [1.54, 1.807) is 0 Å². The lowest BCUT2D eigenvalue weighted by molar-refractivity contribution is 0.772. The molecule has 106 valence electrons. The van der Waals surface area contributed by atoms with E-state index in [1.807, 2.05) is 45.9 Å². The van der Waals surface area contributed by atoms with Crippen LogP contribution in [-0.2, 0) is 0 Å². The standard InChI is InChI=1S/C9H10.C5H12.2C2H6/c1-3-9-7-5-4-6-8(9)2;1-3-5-4-2;2*1-2/h3-7H,1H2,2H3;3-5H2,1-2H3;2*1-2H3. The fraction of sp³-hybridized carbons (Fsp3) is 0.556. The second-order valence-corrected chi connectivity index (χ2v) is 3.41. The van der Waals surface area contributed by atoms with Gasteiger partial charge in [-0.1, -0.05) is 97.7 Å². The molecule has 0 aliphatic rings. The highest BCUT2D eigenvalue weighted by molar-refractivity contribution is 5.50. The molecule has 0 bridgehead atoms. The molecule has 0 heterocycles. The molecule has 18 heavy (non-hydrogen) atoms. The molecule has 1 rings (SSSR count). The lowest BCUT2D eigenvalue weighted by atomic mass is 10.1. The summed E-state index contributed by atoms with van der Waals surface area (Å²) in [6.45, 7) is 18.2. The van der Waals surface area contributed by atoms with Crippen LogP contribution in [0.3, 0.4) is 0 Å². The Bertz CT molecular complexity index is 246. The van der Waals surface area contributed by atoms with Crippen LogP contribution in [-0.4, -0.2) is 0 Å². The van der Waals surface area contributed by atoms with Crippen LogP contribution in [0, 0.1) is 6.92 Å². The molecule has 0 nitrogen and oxygen atoms in total. The largest absolute Gasteiger partial charge is 0.0985 e. The zero-order chi connectivity index (χ0) is 14.8. The first-order chi connectivity index (χ1) is 8.76. The van der Waals surface area contributed by atoms with Crippen molar-refractivity contribution in [1.29, 1.82) is 0 Å². The van der Waals surface area contributed by atoms with Crippen LogP contribution in [0.25, 0.3) is 6.08 Å². The minimum Gasteiger partial charge on any atom is -0.0985 e. The van der Waals surface area contributed by atoms with Crippen molar-refractivity contribution in [2.75, 3.05) is 0 Å². The Balaban J connectivity index is -0.000000215. The van der Waals surface area contributed by atoms with E-state index in [-0.39, 0.29) is 0 Å². The van der Waals surface area contributed by atoms with Crippen molar-refractivity contribution in [3.63, 3.8) is 0 Å². The van der Waals surface area contributed by atoms with Gasteiger partial charge in [-0.3, -0.25) is 0 Å². The van der Waals surface area contributed by atoms with Crippen molar-refractivity contribution in [3.05, 3.63) is 42.0 Å². The average Bonchev–Trinajstić information content (AvgIpc) is 2.45. The van der Waals surface area contributed by atoms with Gasteiger partial charge in [-0.15, -0.1) is 0 Å². The maximum Gasteiger partial charge on any atom is -0.0233 e. The van der Waals surface area contributed by atoms with E-state index in [9.17, 15) is 0 Å². The fourth-order valence-electron chi connectivity index (χ4n) is 1.17. The monoisotopic (exact) mass is 250 g/mol. The van der Waals surface area contributed by atoms with E-state index in [4.69, 9.17) is 0 Å². The predicted octanol–water partition coefficient (Wildman–Crippen LogP) is 6.89. The van der Waals surface area contributed by atoms with Crippen LogP contribution < -0.4 is 0 Å². The molecule has 0 unspecified atom stereocenters. The van der Waals surface area contributed by atoms with Crippen LogP contribution in [0.15, 0.2) is 30.8 Å². The van der Waals surface area contributed by atoms with E-state index in [2.05, 4.69) is 39.5 Å². The van der Waals surface area contributed by atoms with Crippen LogP contribution in [0.2, 0.25) is 0 Å². The van der Waals surface area contributed by atoms with Gasteiger partial charge >= 0.3 is 0 Å². The molecule has 0 aliphatic carbocycles. The summed E-state index contributed by atoms with van der Waals surface area (Å²) in [7, 11) is 0.